The third kappa shape index (κ3) is 4.89. The van der Waals surface area contributed by atoms with Gasteiger partial charge < -0.3 is 19.7 Å². The Morgan fingerprint density at radius 3 is 2.96 bits per heavy atom. The number of nitrogens with one attached hydrogen (secondary N) is 1. The lowest BCUT2D eigenvalue weighted by Gasteiger charge is -2.34. The van der Waals surface area contributed by atoms with Gasteiger partial charge in [0.1, 0.15) is 5.01 Å². The van der Waals surface area contributed by atoms with Gasteiger partial charge in [0, 0.05) is 32.1 Å². The number of ether oxygens (including phenoxy) is 2. The molecule has 6 nitrogen and oxygen atoms in total. The largest absolute Gasteiger partial charge is 0.382 e. The second-order valence-corrected chi connectivity index (χ2v) is 7.29. The third-order valence-corrected chi connectivity index (χ3v) is 4.81. The summed E-state index contributed by atoms with van der Waals surface area (Å²) in [6.07, 6.45) is 0.0990. The summed E-state index contributed by atoms with van der Waals surface area (Å²) in [5.41, 5.74) is 1.20. The zero-order valence-corrected chi connectivity index (χ0v) is 15.6. The number of aliphatic imine (C=N–C) groups is 1. The molecule has 7 heteroatoms. The van der Waals surface area contributed by atoms with Crippen LogP contribution in [0.3, 0.4) is 0 Å². The first-order valence-corrected chi connectivity index (χ1v) is 8.89. The van der Waals surface area contributed by atoms with Crippen molar-refractivity contribution in [3.05, 3.63) is 15.6 Å². The molecule has 0 aliphatic carbocycles. The van der Waals surface area contributed by atoms with Crippen LogP contribution in [0.1, 0.15) is 35.3 Å². The minimum atomic E-state index is 0.0990. The van der Waals surface area contributed by atoms with Gasteiger partial charge in [-0.3, -0.25) is 4.99 Å². The molecule has 0 aromatic carbocycles. The first-order chi connectivity index (χ1) is 11.0. The van der Waals surface area contributed by atoms with Crippen molar-refractivity contribution < 1.29 is 9.47 Å². The van der Waals surface area contributed by atoms with Gasteiger partial charge in [0.05, 0.1) is 31.6 Å². The second-order valence-electron chi connectivity index (χ2n) is 6.00. The van der Waals surface area contributed by atoms with E-state index in [0.717, 1.165) is 24.1 Å². The molecule has 1 saturated heterocycles. The molecular weight excluding hydrogens is 312 g/mol. The van der Waals surface area contributed by atoms with Gasteiger partial charge in [-0.1, -0.05) is 13.8 Å². The van der Waals surface area contributed by atoms with Crippen LogP contribution in [-0.2, 0) is 16.0 Å². The van der Waals surface area contributed by atoms with Crippen LogP contribution >= 0.6 is 11.3 Å². The number of thiazole rings is 1. The molecule has 0 bridgehead atoms. The van der Waals surface area contributed by atoms with Gasteiger partial charge in [-0.25, -0.2) is 4.98 Å². The molecule has 1 aromatic heterocycles. The topological polar surface area (TPSA) is 59.0 Å². The van der Waals surface area contributed by atoms with E-state index in [2.05, 4.69) is 36.0 Å². The summed E-state index contributed by atoms with van der Waals surface area (Å²) in [4.78, 5) is 12.7. The second kappa shape index (κ2) is 8.61. The van der Waals surface area contributed by atoms with Gasteiger partial charge >= 0.3 is 0 Å². The van der Waals surface area contributed by atoms with Gasteiger partial charge in [0.2, 0.25) is 0 Å². The van der Waals surface area contributed by atoms with Crippen molar-refractivity contribution in [2.75, 3.05) is 40.5 Å². The number of guanidine groups is 1. The third-order valence-electron chi connectivity index (χ3n) is 3.82. The molecule has 0 amide bonds. The molecule has 1 aromatic rings. The van der Waals surface area contributed by atoms with E-state index in [4.69, 9.17) is 14.5 Å². The highest BCUT2D eigenvalue weighted by Gasteiger charge is 2.23. The van der Waals surface area contributed by atoms with Crippen LogP contribution in [0.4, 0.5) is 0 Å². The predicted octanol–water partition coefficient (Wildman–Crippen LogP) is 2.00. The number of rotatable bonds is 5. The van der Waals surface area contributed by atoms with Crippen molar-refractivity contribution in [1.82, 2.24) is 15.2 Å². The molecule has 23 heavy (non-hydrogen) atoms. The molecule has 1 fully saturated rings. The van der Waals surface area contributed by atoms with Crippen LogP contribution in [0.5, 0.6) is 0 Å². The quantitative estimate of drug-likeness (QED) is 0.656. The maximum absolute atomic E-state index is 5.69. The van der Waals surface area contributed by atoms with Gasteiger partial charge in [0.25, 0.3) is 0 Å². The fraction of sp³-hybridized carbons (Fsp3) is 0.750. The van der Waals surface area contributed by atoms with Gasteiger partial charge in [-0.2, -0.15) is 0 Å². The first kappa shape index (κ1) is 18.2. The minimum absolute atomic E-state index is 0.0990. The lowest BCUT2D eigenvalue weighted by atomic mass is 10.1. The molecule has 2 heterocycles. The molecule has 2 rings (SSSR count). The number of methoxy groups -OCH3 is 1. The van der Waals surface area contributed by atoms with Crippen molar-refractivity contribution in [1.29, 1.82) is 0 Å². The minimum Gasteiger partial charge on any atom is -0.382 e. The van der Waals surface area contributed by atoms with Gasteiger partial charge in [-0.15, -0.1) is 11.3 Å². The molecule has 0 spiro atoms. The number of morpholine rings is 1. The molecule has 0 saturated carbocycles. The fourth-order valence-corrected chi connectivity index (χ4v) is 3.79. The molecule has 130 valence electrons. The van der Waals surface area contributed by atoms with Crippen LogP contribution in [0, 0.1) is 6.92 Å². The van der Waals surface area contributed by atoms with E-state index >= 15 is 0 Å². The summed E-state index contributed by atoms with van der Waals surface area (Å²) in [6, 6.07) is 0. The number of hydrogen-bond donors (Lipinski definition) is 1. The smallest absolute Gasteiger partial charge is 0.194 e. The molecule has 1 aliphatic heterocycles. The van der Waals surface area contributed by atoms with Crippen molar-refractivity contribution in [3.63, 3.8) is 0 Å². The van der Waals surface area contributed by atoms with E-state index in [9.17, 15) is 0 Å². The lowest BCUT2D eigenvalue weighted by Crippen LogP contribution is -2.51. The van der Waals surface area contributed by atoms with Crippen molar-refractivity contribution in [3.8, 4) is 0 Å². The highest BCUT2D eigenvalue weighted by molar-refractivity contribution is 7.11. The number of hydrogen-bond acceptors (Lipinski definition) is 5. The Kier molecular flexibility index (Phi) is 6.80. The molecule has 1 aliphatic rings. The number of nitrogens with zero attached hydrogens (tertiary/aromatic N) is 3. The Balaban J connectivity index is 1.93. The highest BCUT2D eigenvalue weighted by Crippen LogP contribution is 2.24. The predicted molar refractivity (Wildman–Crippen MR) is 94.3 cm³/mol. The average Bonchev–Trinajstić information content (AvgIpc) is 2.90. The molecule has 1 N–H and O–H groups in total. The molecule has 0 radical (unpaired) electrons. The Bertz CT molecular complexity index is 528. The van der Waals surface area contributed by atoms with Gasteiger partial charge in [-0.05, 0) is 12.8 Å². The monoisotopic (exact) mass is 340 g/mol. The summed E-state index contributed by atoms with van der Waals surface area (Å²) in [5, 5.41) is 4.53. The van der Waals surface area contributed by atoms with Gasteiger partial charge in [0.15, 0.2) is 5.96 Å². The normalized spacial score (nSPS) is 19.5. The zero-order chi connectivity index (χ0) is 16.8. The zero-order valence-electron chi connectivity index (χ0n) is 14.8. The average molecular weight is 340 g/mol. The lowest BCUT2D eigenvalue weighted by molar-refractivity contribution is -0.0447. The first-order valence-electron chi connectivity index (χ1n) is 8.07. The van der Waals surface area contributed by atoms with E-state index in [0.29, 0.717) is 25.7 Å². The Morgan fingerprint density at radius 1 is 1.57 bits per heavy atom. The Labute approximate surface area is 142 Å². The van der Waals surface area contributed by atoms with E-state index < -0.39 is 0 Å². The van der Waals surface area contributed by atoms with E-state index in [1.807, 2.05) is 7.05 Å². The number of aryl methyl sites for hydroxylation is 1. The van der Waals surface area contributed by atoms with Crippen LogP contribution < -0.4 is 5.32 Å². The Morgan fingerprint density at radius 2 is 2.35 bits per heavy atom. The summed E-state index contributed by atoms with van der Waals surface area (Å²) < 4.78 is 10.9. The number of aromatic nitrogens is 1. The summed E-state index contributed by atoms with van der Waals surface area (Å²) >= 11 is 1.76. The van der Waals surface area contributed by atoms with Crippen LogP contribution in [0.2, 0.25) is 0 Å². The van der Waals surface area contributed by atoms with Crippen molar-refractivity contribution >= 4 is 17.3 Å². The van der Waals surface area contributed by atoms with Crippen LogP contribution in [-0.4, -0.2) is 62.4 Å². The highest BCUT2D eigenvalue weighted by atomic mass is 32.1. The van der Waals surface area contributed by atoms with E-state index in [1.165, 1.54) is 10.6 Å². The van der Waals surface area contributed by atoms with Crippen molar-refractivity contribution in [2.24, 2.45) is 4.99 Å². The SMILES string of the molecule is CN=C(NCc1nc(C(C)C)c(C)s1)N1CCOC(COC)C1. The van der Waals surface area contributed by atoms with E-state index in [-0.39, 0.29) is 6.10 Å². The fourth-order valence-electron chi connectivity index (χ4n) is 2.76. The molecule has 1 unspecified atom stereocenters. The summed E-state index contributed by atoms with van der Waals surface area (Å²) in [7, 11) is 3.52. The standard InChI is InChI=1S/C16H28N4O2S/c1-11(2)15-12(3)23-14(19-15)8-18-16(17-4)20-6-7-22-13(9-20)10-21-5/h11,13H,6-10H2,1-5H3,(H,17,18). The summed E-state index contributed by atoms with van der Waals surface area (Å²) in [5.74, 6) is 1.36. The van der Waals surface area contributed by atoms with Crippen LogP contribution in [0.15, 0.2) is 4.99 Å². The van der Waals surface area contributed by atoms with Crippen LogP contribution in [0.25, 0.3) is 0 Å². The van der Waals surface area contributed by atoms with Crippen molar-refractivity contribution in [2.45, 2.75) is 39.3 Å². The molecule has 1 atom stereocenters. The van der Waals surface area contributed by atoms with E-state index in [1.54, 1.807) is 18.4 Å². The maximum Gasteiger partial charge on any atom is 0.194 e. The Hall–Kier alpha value is -1.18. The molecular formula is C16H28N4O2S. The summed E-state index contributed by atoms with van der Waals surface area (Å²) in [6.45, 7) is 10.2. The maximum atomic E-state index is 5.69.